The Balaban J connectivity index is 0.000000217. The Hall–Kier alpha value is -6.58. The number of rotatable bonds is 7. The first-order valence-corrected chi connectivity index (χ1v) is 18.8. The van der Waals surface area contributed by atoms with Crippen LogP contribution in [0.5, 0.6) is 0 Å². The number of para-hydroxylation sites is 2. The molecule has 6 aromatic carbocycles. The van der Waals surface area contributed by atoms with E-state index in [1.54, 1.807) is 0 Å². The van der Waals surface area contributed by atoms with Crippen LogP contribution in [-0.2, 0) is 6.42 Å². The molecule has 9 aromatic rings. The molecule has 3 heteroatoms. The lowest BCUT2D eigenvalue weighted by atomic mass is 9.94. The molecule has 3 aromatic heterocycles. The summed E-state index contributed by atoms with van der Waals surface area (Å²) in [5.74, 6) is 0. The van der Waals surface area contributed by atoms with Crippen molar-refractivity contribution in [2.24, 2.45) is 0 Å². The van der Waals surface area contributed by atoms with E-state index in [-0.39, 0.29) is 0 Å². The summed E-state index contributed by atoms with van der Waals surface area (Å²) >= 11 is 0. The van der Waals surface area contributed by atoms with Crippen LogP contribution in [0.1, 0.15) is 30.0 Å². The maximum Gasteiger partial charge on any atom is 0.0541 e. The van der Waals surface area contributed by atoms with Crippen LogP contribution in [-0.4, -0.2) is 14.5 Å². The van der Waals surface area contributed by atoms with Gasteiger partial charge in [0.05, 0.1) is 11.0 Å². The molecule has 262 valence electrons. The molecular weight excluding hydrogens is 655 g/mol. The van der Waals surface area contributed by atoms with Crippen molar-refractivity contribution in [3.8, 4) is 50.2 Å². The normalized spacial score (nSPS) is 11.0. The third kappa shape index (κ3) is 7.09. The quantitative estimate of drug-likeness (QED) is 0.166. The molecular formula is C51H43N3. The predicted molar refractivity (Wildman–Crippen MR) is 228 cm³/mol. The van der Waals surface area contributed by atoms with Gasteiger partial charge in [-0.3, -0.25) is 9.97 Å². The fraction of sp³-hybridized carbons (Fsp3) is 0.0980. The Morgan fingerprint density at radius 1 is 0.444 bits per heavy atom. The summed E-state index contributed by atoms with van der Waals surface area (Å²) < 4.78 is 2.34. The van der Waals surface area contributed by atoms with E-state index in [1.165, 1.54) is 56.0 Å². The van der Waals surface area contributed by atoms with Gasteiger partial charge >= 0.3 is 0 Å². The topological polar surface area (TPSA) is 30.7 Å². The van der Waals surface area contributed by atoms with Gasteiger partial charge in [-0.15, -0.1) is 0 Å². The average molecular weight is 698 g/mol. The third-order valence-electron chi connectivity index (χ3n) is 10.2. The summed E-state index contributed by atoms with van der Waals surface area (Å²) in [6, 6.07) is 56.2. The van der Waals surface area contributed by atoms with Crippen LogP contribution in [0.25, 0.3) is 72.0 Å². The number of nitrogens with zero attached hydrogens (tertiary/aromatic N) is 3. The molecule has 0 unspecified atom stereocenters. The zero-order valence-electron chi connectivity index (χ0n) is 31.1. The standard InChI is InChI=1S/C35H25N3.C16H18/c1-24-10-12-25(13-11-24)27-18-29(22-36-20-27)30-19-28(21-37-23-30)26-14-16-31(17-15-26)38-34-8-4-2-6-32(34)33-7-3-5-9-35(33)38;1-3-8-14-10-5-7-12-16(14)15-11-6-4-9-13(15)2/h2-23H,1H3;4-7,9-12H,3,8H2,1-2H3. The molecule has 0 fully saturated rings. The first kappa shape index (κ1) is 34.5. The summed E-state index contributed by atoms with van der Waals surface area (Å²) in [5, 5.41) is 2.54. The lowest BCUT2D eigenvalue weighted by molar-refractivity contribution is 0.923. The molecule has 0 amide bonds. The molecule has 0 saturated heterocycles. The van der Waals surface area contributed by atoms with Gasteiger partial charge in [-0.2, -0.15) is 0 Å². The number of aryl methyl sites for hydroxylation is 3. The Kier molecular flexibility index (Phi) is 9.95. The Morgan fingerprint density at radius 3 is 1.46 bits per heavy atom. The van der Waals surface area contributed by atoms with E-state index in [9.17, 15) is 0 Å². The van der Waals surface area contributed by atoms with Crippen molar-refractivity contribution in [1.29, 1.82) is 0 Å². The Morgan fingerprint density at radius 2 is 0.907 bits per heavy atom. The van der Waals surface area contributed by atoms with Gasteiger partial charge < -0.3 is 4.57 Å². The first-order valence-electron chi connectivity index (χ1n) is 18.8. The number of hydrogen-bond donors (Lipinski definition) is 0. The minimum Gasteiger partial charge on any atom is -0.309 e. The van der Waals surface area contributed by atoms with Crippen LogP contribution in [0.3, 0.4) is 0 Å². The molecule has 0 saturated carbocycles. The van der Waals surface area contributed by atoms with Crippen LogP contribution in [0.15, 0.2) is 183 Å². The van der Waals surface area contributed by atoms with Crippen LogP contribution in [0, 0.1) is 13.8 Å². The van der Waals surface area contributed by atoms with Crippen molar-refractivity contribution in [2.45, 2.75) is 33.6 Å². The maximum atomic E-state index is 4.57. The first-order chi connectivity index (χ1) is 26.6. The smallest absolute Gasteiger partial charge is 0.0541 e. The average Bonchev–Trinajstić information content (AvgIpc) is 3.57. The monoisotopic (exact) mass is 697 g/mol. The van der Waals surface area contributed by atoms with E-state index in [2.05, 4.69) is 193 Å². The SMILES string of the molecule is CCCc1ccccc1-c1ccccc1C.Cc1ccc(-c2cncc(-c3cncc(-c4ccc(-n5c6ccccc6c6ccccc65)cc4)c3)c2)cc1. The largest absolute Gasteiger partial charge is 0.309 e. The van der Waals surface area contributed by atoms with E-state index in [0.29, 0.717) is 0 Å². The summed E-state index contributed by atoms with van der Waals surface area (Å²) in [4.78, 5) is 9.09. The highest BCUT2D eigenvalue weighted by molar-refractivity contribution is 6.09. The van der Waals surface area contributed by atoms with Gasteiger partial charge in [0.1, 0.15) is 0 Å². The van der Waals surface area contributed by atoms with Crippen LogP contribution < -0.4 is 0 Å². The zero-order chi connectivity index (χ0) is 36.9. The second-order valence-electron chi connectivity index (χ2n) is 13.9. The van der Waals surface area contributed by atoms with Gasteiger partial charge in [0.15, 0.2) is 0 Å². The van der Waals surface area contributed by atoms with Crippen molar-refractivity contribution in [3.63, 3.8) is 0 Å². The van der Waals surface area contributed by atoms with Crippen molar-refractivity contribution in [2.75, 3.05) is 0 Å². The molecule has 0 aliphatic heterocycles. The highest BCUT2D eigenvalue weighted by Crippen LogP contribution is 2.34. The number of fused-ring (bicyclic) bond motifs is 3. The molecule has 0 atom stereocenters. The van der Waals surface area contributed by atoms with Gasteiger partial charge in [-0.1, -0.05) is 140 Å². The minimum atomic E-state index is 1.05. The Bertz CT molecular complexity index is 2630. The van der Waals surface area contributed by atoms with Gasteiger partial charge in [-0.05, 0) is 90.0 Å². The van der Waals surface area contributed by atoms with E-state index < -0.39 is 0 Å². The zero-order valence-corrected chi connectivity index (χ0v) is 31.1. The number of pyridine rings is 2. The second kappa shape index (κ2) is 15.6. The number of benzene rings is 6. The summed E-state index contributed by atoms with van der Waals surface area (Å²) in [7, 11) is 0. The van der Waals surface area contributed by atoms with E-state index in [4.69, 9.17) is 0 Å². The fourth-order valence-electron chi connectivity index (χ4n) is 7.41. The highest BCUT2D eigenvalue weighted by Gasteiger charge is 2.12. The van der Waals surface area contributed by atoms with E-state index in [1.807, 2.05) is 24.8 Å². The molecule has 0 bridgehead atoms. The molecule has 54 heavy (non-hydrogen) atoms. The van der Waals surface area contributed by atoms with Gasteiger partial charge in [-0.25, -0.2) is 0 Å². The summed E-state index contributed by atoms with van der Waals surface area (Å²) in [6.45, 7) is 6.51. The van der Waals surface area contributed by atoms with Crippen LogP contribution in [0.4, 0.5) is 0 Å². The van der Waals surface area contributed by atoms with Gasteiger partial charge in [0, 0.05) is 63.5 Å². The predicted octanol–water partition coefficient (Wildman–Crippen LogP) is 13.5. The van der Waals surface area contributed by atoms with Crippen molar-refractivity contribution in [1.82, 2.24) is 14.5 Å². The van der Waals surface area contributed by atoms with E-state index >= 15 is 0 Å². The fourth-order valence-corrected chi connectivity index (χ4v) is 7.41. The van der Waals surface area contributed by atoms with Gasteiger partial charge in [0.2, 0.25) is 0 Å². The van der Waals surface area contributed by atoms with Crippen LogP contribution in [0.2, 0.25) is 0 Å². The second-order valence-corrected chi connectivity index (χ2v) is 13.9. The molecule has 0 aliphatic rings. The minimum absolute atomic E-state index is 1.05. The summed E-state index contributed by atoms with van der Waals surface area (Å²) in [6.07, 6.45) is 10.0. The molecule has 3 nitrogen and oxygen atoms in total. The Labute approximate surface area is 318 Å². The van der Waals surface area contributed by atoms with Crippen LogP contribution >= 0.6 is 0 Å². The highest BCUT2D eigenvalue weighted by atomic mass is 15.0. The molecule has 0 spiro atoms. The van der Waals surface area contributed by atoms with E-state index in [0.717, 1.165) is 45.5 Å². The molecule has 9 rings (SSSR count). The van der Waals surface area contributed by atoms with Crippen molar-refractivity contribution >= 4 is 21.8 Å². The molecule has 0 N–H and O–H groups in total. The number of aromatic nitrogens is 3. The molecule has 3 heterocycles. The number of hydrogen-bond acceptors (Lipinski definition) is 2. The molecule has 0 aliphatic carbocycles. The van der Waals surface area contributed by atoms with Crippen molar-refractivity contribution < 1.29 is 0 Å². The lowest BCUT2D eigenvalue weighted by Gasteiger charge is -2.11. The third-order valence-corrected chi connectivity index (χ3v) is 10.2. The maximum absolute atomic E-state index is 4.57. The molecule has 0 radical (unpaired) electrons. The van der Waals surface area contributed by atoms with Crippen molar-refractivity contribution in [3.05, 3.63) is 199 Å². The lowest BCUT2D eigenvalue weighted by Crippen LogP contribution is -1.93. The van der Waals surface area contributed by atoms with Gasteiger partial charge in [0.25, 0.3) is 0 Å². The summed E-state index contributed by atoms with van der Waals surface area (Å²) in [5.41, 5.74) is 17.0.